The number of anilines is 2. The molecule has 2 N–H and O–H groups in total. The number of ether oxygens (including phenoxy) is 1. The van der Waals surface area contributed by atoms with Gasteiger partial charge in [0.25, 0.3) is 5.91 Å². The van der Waals surface area contributed by atoms with Crippen LogP contribution in [0.1, 0.15) is 18.2 Å². The number of nitrogens with one attached hydrogen (secondary N) is 2. The summed E-state index contributed by atoms with van der Waals surface area (Å²) in [4.78, 5) is 32.2. The fourth-order valence-corrected chi connectivity index (χ4v) is 2.76. The molecule has 0 aliphatic carbocycles. The number of amides is 2. The van der Waals surface area contributed by atoms with Gasteiger partial charge in [-0.2, -0.15) is 0 Å². The average molecular weight is 367 g/mol. The Labute approximate surface area is 156 Å². The van der Waals surface area contributed by atoms with Gasteiger partial charge >= 0.3 is 0 Å². The zero-order valence-corrected chi connectivity index (χ0v) is 15.2. The predicted molar refractivity (Wildman–Crippen MR) is 102 cm³/mol. The smallest absolute Gasteiger partial charge is 0.251 e. The Morgan fingerprint density at radius 3 is 2.63 bits per heavy atom. The van der Waals surface area contributed by atoms with E-state index < -0.39 is 0 Å². The normalized spacial score (nSPS) is 10.7. The van der Waals surface area contributed by atoms with Gasteiger partial charge in [0.15, 0.2) is 5.65 Å². The summed E-state index contributed by atoms with van der Waals surface area (Å²) in [5, 5.41) is 5.48. The topological polar surface area (TPSA) is 97.6 Å². The first kappa shape index (κ1) is 18.5. The minimum Gasteiger partial charge on any atom is -0.375 e. The largest absolute Gasteiger partial charge is 0.375 e. The van der Waals surface area contributed by atoms with Crippen molar-refractivity contribution in [3.63, 3.8) is 0 Å². The molecule has 0 aliphatic heterocycles. The van der Waals surface area contributed by atoms with Crippen molar-refractivity contribution in [2.24, 2.45) is 0 Å². The van der Waals surface area contributed by atoms with Gasteiger partial charge in [-0.05, 0) is 18.4 Å². The van der Waals surface area contributed by atoms with E-state index in [0.717, 1.165) is 12.1 Å². The molecule has 3 aromatic rings. The van der Waals surface area contributed by atoms with Crippen molar-refractivity contribution in [1.29, 1.82) is 0 Å². The molecular weight excluding hydrogens is 346 g/mol. The summed E-state index contributed by atoms with van der Waals surface area (Å²) < 4.78 is 6.61. The maximum Gasteiger partial charge on any atom is 0.251 e. The molecule has 0 atom stereocenters. The Bertz CT molecular complexity index is 953. The zero-order valence-electron chi connectivity index (χ0n) is 15.2. The third-order valence-corrected chi connectivity index (χ3v) is 3.91. The quantitative estimate of drug-likeness (QED) is 0.666. The lowest BCUT2D eigenvalue weighted by Crippen LogP contribution is -2.19. The predicted octanol–water partition coefficient (Wildman–Crippen LogP) is 2.06. The second kappa shape index (κ2) is 8.41. The van der Waals surface area contributed by atoms with E-state index in [0.29, 0.717) is 23.7 Å². The van der Waals surface area contributed by atoms with E-state index in [2.05, 4.69) is 32.7 Å². The highest BCUT2D eigenvalue weighted by atomic mass is 16.5. The van der Waals surface area contributed by atoms with Crippen molar-refractivity contribution in [2.75, 3.05) is 24.4 Å². The maximum absolute atomic E-state index is 12.1. The molecule has 0 aliphatic rings. The lowest BCUT2D eigenvalue weighted by atomic mass is 10.1. The highest BCUT2D eigenvalue weighted by molar-refractivity contribution is 5.92. The molecule has 8 nitrogen and oxygen atoms in total. The first-order valence-electron chi connectivity index (χ1n) is 8.54. The summed E-state index contributed by atoms with van der Waals surface area (Å²) in [6, 6.07) is 10.1. The molecule has 0 saturated carbocycles. The van der Waals surface area contributed by atoms with Gasteiger partial charge in [-0.25, -0.2) is 9.97 Å². The van der Waals surface area contributed by atoms with E-state index in [4.69, 9.17) is 4.74 Å². The first-order valence-corrected chi connectivity index (χ1v) is 8.54. The van der Waals surface area contributed by atoms with Crippen LogP contribution in [0.15, 0.2) is 42.7 Å². The van der Waals surface area contributed by atoms with Crippen LogP contribution in [0.25, 0.3) is 5.65 Å². The molecular formula is C19H21N5O3. The van der Waals surface area contributed by atoms with Gasteiger partial charge in [0, 0.05) is 14.0 Å². The van der Waals surface area contributed by atoms with Crippen molar-refractivity contribution >= 4 is 29.1 Å². The van der Waals surface area contributed by atoms with Crippen LogP contribution in [0.4, 0.5) is 11.6 Å². The van der Waals surface area contributed by atoms with Gasteiger partial charge in [0.1, 0.15) is 18.2 Å². The van der Waals surface area contributed by atoms with Crippen LogP contribution in [0.3, 0.4) is 0 Å². The minimum absolute atomic E-state index is 0.0605. The third kappa shape index (κ3) is 4.68. The van der Waals surface area contributed by atoms with Gasteiger partial charge in [0.05, 0.1) is 18.1 Å². The lowest BCUT2D eigenvalue weighted by molar-refractivity contribution is -0.119. The van der Waals surface area contributed by atoms with Crippen LogP contribution in [0.2, 0.25) is 0 Å². The Kier molecular flexibility index (Phi) is 5.77. The number of hydrogen-bond acceptors (Lipinski definition) is 5. The maximum atomic E-state index is 12.1. The first-order chi connectivity index (χ1) is 13.1. The molecule has 27 heavy (non-hydrogen) atoms. The van der Waals surface area contributed by atoms with Crippen LogP contribution in [-0.4, -0.2) is 39.9 Å². The molecule has 0 saturated heterocycles. The van der Waals surface area contributed by atoms with E-state index in [1.165, 1.54) is 19.6 Å². The van der Waals surface area contributed by atoms with Crippen LogP contribution in [0.5, 0.6) is 0 Å². The summed E-state index contributed by atoms with van der Waals surface area (Å²) >= 11 is 0. The van der Waals surface area contributed by atoms with Crippen molar-refractivity contribution in [1.82, 2.24) is 14.4 Å². The number of carbonyl (C=O) groups excluding carboxylic acids is 2. The standard InChI is InChI=1S/C19H21N5O3/c1-13(25)21-16-11-24-17(10-20-16)22-15(19(24)23-18(26)12-27-2)9-8-14-6-4-3-5-7-14/h3-7,10-11H,8-9,12H2,1-2H3,(H,21,25)(H,23,26). The Balaban J connectivity index is 1.94. The van der Waals surface area contributed by atoms with Gasteiger partial charge in [-0.3, -0.25) is 14.0 Å². The minimum atomic E-state index is -0.279. The molecule has 2 amide bonds. The molecule has 2 heterocycles. The van der Waals surface area contributed by atoms with Gasteiger partial charge in [-0.1, -0.05) is 30.3 Å². The molecule has 2 aromatic heterocycles. The number of aryl methyl sites for hydroxylation is 2. The number of aromatic nitrogens is 3. The highest BCUT2D eigenvalue weighted by Gasteiger charge is 2.16. The average Bonchev–Trinajstić information content (AvgIpc) is 2.97. The zero-order chi connectivity index (χ0) is 19.2. The number of rotatable bonds is 7. The van der Waals surface area contributed by atoms with E-state index in [-0.39, 0.29) is 18.4 Å². The molecule has 0 fully saturated rings. The summed E-state index contributed by atoms with van der Waals surface area (Å²) in [5.74, 6) is 0.426. The summed E-state index contributed by atoms with van der Waals surface area (Å²) in [5.41, 5.74) is 2.51. The second-order valence-electron chi connectivity index (χ2n) is 6.06. The molecule has 1 aromatic carbocycles. The van der Waals surface area contributed by atoms with E-state index in [1.54, 1.807) is 16.8 Å². The number of benzene rings is 1. The Morgan fingerprint density at radius 2 is 1.93 bits per heavy atom. The number of nitrogens with zero attached hydrogens (tertiary/aromatic N) is 3. The Morgan fingerprint density at radius 1 is 1.15 bits per heavy atom. The molecule has 0 spiro atoms. The number of imidazole rings is 1. The number of fused-ring (bicyclic) bond motifs is 1. The van der Waals surface area contributed by atoms with Crippen LogP contribution in [-0.2, 0) is 27.2 Å². The van der Waals surface area contributed by atoms with E-state index in [9.17, 15) is 9.59 Å². The summed E-state index contributed by atoms with van der Waals surface area (Å²) in [7, 11) is 1.46. The molecule has 3 rings (SSSR count). The molecule has 0 bridgehead atoms. The monoisotopic (exact) mass is 367 g/mol. The Hall–Kier alpha value is -3.26. The fourth-order valence-electron chi connectivity index (χ4n) is 2.76. The van der Waals surface area contributed by atoms with Crippen LogP contribution in [0, 0.1) is 0 Å². The van der Waals surface area contributed by atoms with Crippen molar-refractivity contribution < 1.29 is 14.3 Å². The number of methoxy groups -OCH3 is 1. The number of carbonyl (C=O) groups is 2. The van der Waals surface area contributed by atoms with Crippen molar-refractivity contribution in [2.45, 2.75) is 19.8 Å². The van der Waals surface area contributed by atoms with E-state index >= 15 is 0 Å². The van der Waals surface area contributed by atoms with Gasteiger partial charge in [-0.15, -0.1) is 0 Å². The van der Waals surface area contributed by atoms with E-state index in [1.807, 2.05) is 18.2 Å². The highest BCUT2D eigenvalue weighted by Crippen LogP contribution is 2.21. The summed E-state index contributed by atoms with van der Waals surface area (Å²) in [6.07, 6.45) is 4.62. The summed E-state index contributed by atoms with van der Waals surface area (Å²) in [6.45, 7) is 1.35. The molecule has 0 unspecified atom stereocenters. The molecule has 0 radical (unpaired) electrons. The third-order valence-electron chi connectivity index (χ3n) is 3.91. The second-order valence-corrected chi connectivity index (χ2v) is 6.06. The SMILES string of the molecule is COCC(=O)Nc1c(CCc2ccccc2)nc2cnc(NC(C)=O)cn12. The van der Waals surface area contributed by atoms with Crippen LogP contribution < -0.4 is 10.6 Å². The van der Waals surface area contributed by atoms with Crippen LogP contribution >= 0.6 is 0 Å². The van der Waals surface area contributed by atoms with Crippen molar-refractivity contribution in [3.05, 3.63) is 54.0 Å². The molecule has 140 valence electrons. The van der Waals surface area contributed by atoms with Crippen molar-refractivity contribution in [3.8, 4) is 0 Å². The van der Waals surface area contributed by atoms with Gasteiger partial charge < -0.3 is 15.4 Å². The molecule has 8 heteroatoms. The fraction of sp³-hybridized carbons (Fsp3) is 0.263. The number of hydrogen-bond donors (Lipinski definition) is 2. The lowest BCUT2D eigenvalue weighted by Gasteiger charge is -2.08. The van der Waals surface area contributed by atoms with Gasteiger partial charge in [0.2, 0.25) is 5.91 Å².